The third kappa shape index (κ3) is 2.15. The number of aromatic nitrogens is 2. The molecule has 1 aliphatic rings. The highest BCUT2D eigenvalue weighted by molar-refractivity contribution is 5.28. The second kappa shape index (κ2) is 4.60. The predicted octanol–water partition coefficient (Wildman–Crippen LogP) is 3.78. The molecule has 1 aromatic rings. The number of nitrogens with zero attached hydrogens (tertiary/aromatic N) is 2. The molecule has 3 nitrogen and oxygen atoms in total. The van der Waals surface area contributed by atoms with E-state index >= 15 is 0 Å². The summed E-state index contributed by atoms with van der Waals surface area (Å²) in [6, 6.07) is 0. The van der Waals surface area contributed by atoms with Gasteiger partial charge >= 0.3 is 0 Å². The fourth-order valence-electron chi connectivity index (χ4n) is 3.02. The highest BCUT2D eigenvalue weighted by atomic mass is 15.2. The fraction of sp³-hybridized carbons (Fsp3) is 0.800. The van der Waals surface area contributed by atoms with Crippen molar-refractivity contribution < 1.29 is 0 Å². The van der Waals surface area contributed by atoms with Crippen molar-refractivity contribution in [1.82, 2.24) is 9.55 Å². The van der Waals surface area contributed by atoms with Crippen molar-refractivity contribution in [2.24, 2.45) is 16.7 Å². The number of anilines is 1. The molecule has 0 bridgehead atoms. The van der Waals surface area contributed by atoms with Crippen LogP contribution in [0, 0.1) is 16.7 Å². The average molecular weight is 249 g/mol. The third-order valence-corrected chi connectivity index (χ3v) is 5.25. The van der Waals surface area contributed by atoms with E-state index in [0.717, 1.165) is 25.0 Å². The van der Waals surface area contributed by atoms with Gasteiger partial charge in [0, 0.05) is 25.5 Å². The van der Waals surface area contributed by atoms with Gasteiger partial charge in [0.1, 0.15) is 0 Å². The SMILES string of the molecule is CCCCn1ccnc1NCC1C(C)(C)C1(C)C. The summed E-state index contributed by atoms with van der Waals surface area (Å²) in [5, 5.41) is 3.53. The number of unbranched alkanes of at least 4 members (excludes halogenated alkanes) is 1. The molecule has 0 aliphatic heterocycles. The molecule has 1 N–H and O–H groups in total. The van der Waals surface area contributed by atoms with Crippen molar-refractivity contribution >= 4 is 5.95 Å². The number of hydrogen-bond donors (Lipinski definition) is 1. The maximum Gasteiger partial charge on any atom is 0.202 e. The molecule has 1 heterocycles. The molecule has 0 radical (unpaired) electrons. The second-order valence-electron chi connectivity index (χ2n) is 6.67. The van der Waals surface area contributed by atoms with E-state index in [0.29, 0.717) is 10.8 Å². The summed E-state index contributed by atoms with van der Waals surface area (Å²) >= 11 is 0. The lowest BCUT2D eigenvalue weighted by Crippen LogP contribution is -2.12. The monoisotopic (exact) mass is 249 g/mol. The summed E-state index contributed by atoms with van der Waals surface area (Å²) in [5.74, 6) is 1.77. The van der Waals surface area contributed by atoms with E-state index in [-0.39, 0.29) is 0 Å². The minimum Gasteiger partial charge on any atom is -0.355 e. The fourth-order valence-corrected chi connectivity index (χ4v) is 3.02. The molecule has 102 valence electrons. The van der Waals surface area contributed by atoms with Crippen LogP contribution in [0.4, 0.5) is 5.95 Å². The first-order valence-electron chi connectivity index (χ1n) is 7.16. The van der Waals surface area contributed by atoms with Crippen molar-refractivity contribution in [3.8, 4) is 0 Å². The van der Waals surface area contributed by atoms with Gasteiger partial charge in [-0.15, -0.1) is 0 Å². The third-order valence-electron chi connectivity index (χ3n) is 5.25. The van der Waals surface area contributed by atoms with E-state index in [9.17, 15) is 0 Å². The first kappa shape index (κ1) is 13.4. The van der Waals surface area contributed by atoms with Crippen molar-refractivity contribution in [3.05, 3.63) is 12.4 Å². The summed E-state index contributed by atoms with van der Waals surface area (Å²) in [6.07, 6.45) is 6.40. The second-order valence-corrected chi connectivity index (χ2v) is 6.67. The average Bonchev–Trinajstić information content (AvgIpc) is 2.68. The van der Waals surface area contributed by atoms with Gasteiger partial charge in [0.25, 0.3) is 0 Å². The Hall–Kier alpha value is -0.990. The molecule has 1 aromatic heterocycles. The van der Waals surface area contributed by atoms with Gasteiger partial charge in [-0.2, -0.15) is 0 Å². The number of aryl methyl sites for hydroxylation is 1. The molecule has 0 unspecified atom stereocenters. The Morgan fingerprint density at radius 3 is 2.50 bits per heavy atom. The van der Waals surface area contributed by atoms with Gasteiger partial charge in [-0.3, -0.25) is 0 Å². The molecular weight excluding hydrogens is 222 g/mol. The van der Waals surface area contributed by atoms with Crippen LogP contribution in [0.25, 0.3) is 0 Å². The van der Waals surface area contributed by atoms with Crippen LogP contribution in [0.1, 0.15) is 47.5 Å². The van der Waals surface area contributed by atoms with Crippen molar-refractivity contribution in [2.75, 3.05) is 11.9 Å². The van der Waals surface area contributed by atoms with Crippen LogP contribution in [0.2, 0.25) is 0 Å². The molecule has 0 aromatic carbocycles. The lowest BCUT2D eigenvalue weighted by atomic mass is 10.0. The van der Waals surface area contributed by atoms with Crippen LogP contribution in [0.3, 0.4) is 0 Å². The first-order valence-corrected chi connectivity index (χ1v) is 7.16. The van der Waals surface area contributed by atoms with E-state index in [1.807, 2.05) is 6.20 Å². The molecule has 1 aliphatic carbocycles. The van der Waals surface area contributed by atoms with E-state index in [1.165, 1.54) is 12.8 Å². The van der Waals surface area contributed by atoms with E-state index in [1.54, 1.807) is 0 Å². The summed E-state index contributed by atoms with van der Waals surface area (Å²) in [6.45, 7) is 13.8. The molecule has 3 heteroatoms. The molecule has 2 rings (SSSR count). The highest BCUT2D eigenvalue weighted by Gasteiger charge is 2.64. The van der Waals surface area contributed by atoms with Crippen LogP contribution >= 0.6 is 0 Å². The summed E-state index contributed by atoms with van der Waals surface area (Å²) in [7, 11) is 0. The van der Waals surface area contributed by atoms with Crippen LogP contribution in [0.5, 0.6) is 0 Å². The smallest absolute Gasteiger partial charge is 0.202 e. The normalized spacial score (nSPS) is 20.9. The minimum atomic E-state index is 0.445. The Kier molecular flexibility index (Phi) is 3.43. The Morgan fingerprint density at radius 1 is 1.28 bits per heavy atom. The number of hydrogen-bond acceptors (Lipinski definition) is 2. The number of imidazole rings is 1. The Balaban J connectivity index is 1.90. The Bertz CT molecular complexity index is 390. The molecule has 0 atom stereocenters. The quantitative estimate of drug-likeness (QED) is 0.831. The summed E-state index contributed by atoms with van der Waals surface area (Å²) in [5.41, 5.74) is 0.891. The van der Waals surface area contributed by atoms with Crippen LogP contribution < -0.4 is 5.32 Å². The predicted molar refractivity (Wildman–Crippen MR) is 76.7 cm³/mol. The van der Waals surface area contributed by atoms with Gasteiger partial charge in [0.15, 0.2) is 0 Å². The molecule has 0 saturated heterocycles. The summed E-state index contributed by atoms with van der Waals surface area (Å²) in [4.78, 5) is 4.42. The number of rotatable bonds is 6. The van der Waals surface area contributed by atoms with E-state index in [4.69, 9.17) is 0 Å². The summed E-state index contributed by atoms with van der Waals surface area (Å²) < 4.78 is 2.23. The van der Waals surface area contributed by atoms with Gasteiger partial charge in [-0.05, 0) is 23.2 Å². The zero-order valence-electron chi connectivity index (χ0n) is 12.5. The maximum atomic E-state index is 4.42. The molecule has 0 spiro atoms. The van der Waals surface area contributed by atoms with Crippen LogP contribution in [-0.4, -0.2) is 16.1 Å². The van der Waals surface area contributed by atoms with Gasteiger partial charge in [0.2, 0.25) is 5.95 Å². The molecular formula is C15H27N3. The molecule has 0 amide bonds. The van der Waals surface area contributed by atoms with E-state index in [2.05, 4.69) is 55.7 Å². The van der Waals surface area contributed by atoms with Gasteiger partial charge in [0.05, 0.1) is 0 Å². The topological polar surface area (TPSA) is 29.9 Å². The lowest BCUT2D eigenvalue weighted by molar-refractivity contribution is 0.457. The van der Waals surface area contributed by atoms with Crippen molar-refractivity contribution in [2.45, 2.75) is 54.0 Å². The van der Waals surface area contributed by atoms with E-state index < -0.39 is 0 Å². The Labute approximate surface area is 111 Å². The van der Waals surface area contributed by atoms with Crippen molar-refractivity contribution in [1.29, 1.82) is 0 Å². The van der Waals surface area contributed by atoms with Gasteiger partial charge in [-0.1, -0.05) is 41.0 Å². The van der Waals surface area contributed by atoms with Gasteiger partial charge < -0.3 is 9.88 Å². The van der Waals surface area contributed by atoms with Crippen LogP contribution in [0.15, 0.2) is 12.4 Å². The zero-order valence-corrected chi connectivity index (χ0v) is 12.5. The number of nitrogens with one attached hydrogen (secondary N) is 1. The lowest BCUT2D eigenvalue weighted by Gasteiger charge is -2.10. The van der Waals surface area contributed by atoms with Crippen LogP contribution in [-0.2, 0) is 6.54 Å². The maximum absolute atomic E-state index is 4.42. The standard InChI is InChI=1S/C15H27N3/c1-6-7-9-18-10-8-16-13(18)17-11-12-14(2,3)15(12,4)5/h8,10,12H,6-7,9,11H2,1-5H3,(H,16,17). The molecule has 18 heavy (non-hydrogen) atoms. The van der Waals surface area contributed by atoms with Gasteiger partial charge in [-0.25, -0.2) is 4.98 Å². The largest absolute Gasteiger partial charge is 0.355 e. The Morgan fingerprint density at radius 2 is 1.94 bits per heavy atom. The highest BCUT2D eigenvalue weighted by Crippen LogP contribution is 2.68. The minimum absolute atomic E-state index is 0.445. The molecule has 1 saturated carbocycles. The molecule has 1 fully saturated rings. The van der Waals surface area contributed by atoms with Crippen molar-refractivity contribution in [3.63, 3.8) is 0 Å². The zero-order chi connectivity index (χ0) is 13.4. The first-order chi connectivity index (χ1) is 8.41.